The molecular formula is C18H25N5O. The highest BCUT2D eigenvalue weighted by atomic mass is 16.1. The fourth-order valence-electron chi connectivity index (χ4n) is 4.19. The van der Waals surface area contributed by atoms with E-state index in [2.05, 4.69) is 20.3 Å². The first-order chi connectivity index (χ1) is 11.7. The van der Waals surface area contributed by atoms with Gasteiger partial charge in [0, 0.05) is 62.8 Å². The molecule has 1 aliphatic heterocycles. The predicted octanol–water partition coefficient (Wildman–Crippen LogP) is 1.49. The van der Waals surface area contributed by atoms with Crippen LogP contribution in [-0.4, -0.2) is 44.8 Å². The van der Waals surface area contributed by atoms with E-state index in [1.807, 2.05) is 25.5 Å². The van der Waals surface area contributed by atoms with Gasteiger partial charge in [0.2, 0.25) is 0 Å². The highest BCUT2D eigenvalue weighted by molar-refractivity contribution is 5.53. The smallest absolute Gasteiger partial charge is 0.186 e. The van der Waals surface area contributed by atoms with Crippen molar-refractivity contribution in [3.05, 3.63) is 40.3 Å². The van der Waals surface area contributed by atoms with Gasteiger partial charge in [-0.1, -0.05) is 12.8 Å². The Kier molecular flexibility index (Phi) is 4.02. The van der Waals surface area contributed by atoms with Gasteiger partial charge in [-0.15, -0.1) is 0 Å². The molecule has 6 nitrogen and oxygen atoms in total. The van der Waals surface area contributed by atoms with Crippen LogP contribution >= 0.6 is 0 Å². The topological polar surface area (TPSA) is 66.0 Å². The maximum absolute atomic E-state index is 12.6. The van der Waals surface area contributed by atoms with Crippen molar-refractivity contribution in [1.29, 1.82) is 0 Å². The lowest BCUT2D eigenvalue weighted by atomic mass is 9.92. The molecule has 0 amide bonds. The van der Waals surface area contributed by atoms with E-state index < -0.39 is 0 Å². The Morgan fingerprint density at radius 3 is 2.88 bits per heavy atom. The van der Waals surface area contributed by atoms with Crippen LogP contribution in [0.5, 0.6) is 0 Å². The maximum Gasteiger partial charge on any atom is 0.186 e. The van der Waals surface area contributed by atoms with Gasteiger partial charge in [0.15, 0.2) is 5.43 Å². The number of nitrogens with zero attached hydrogens (tertiary/aromatic N) is 3. The zero-order valence-corrected chi connectivity index (χ0v) is 14.2. The van der Waals surface area contributed by atoms with Gasteiger partial charge < -0.3 is 10.3 Å². The zero-order chi connectivity index (χ0) is 16.6. The molecule has 0 atom stereocenters. The van der Waals surface area contributed by atoms with Crippen LogP contribution < -0.4 is 10.7 Å². The summed E-state index contributed by atoms with van der Waals surface area (Å²) >= 11 is 0. The second kappa shape index (κ2) is 6.18. The van der Waals surface area contributed by atoms with Crippen LogP contribution in [0.4, 0.5) is 0 Å². The largest absolute Gasteiger partial charge is 0.359 e. The average Bonchev–Trinajstić information content (AvgIpc) is 3.21. The molecule has 4 rings (SSSR count). The Morgan fingerprint density at radius 2 is 2.17 bits per heavy atom. The van der Waals surface area contributed by atoms with Gasteiger partial charge in [0.1, 0.15) is 5.69 Å². The molecule has 1 aliphatic carbocycles. The van der Waals surface area contributed by atoms with Crippen LogP contribution in [-0.2, 0) is 13.6 Å². The lowest BCUT2D eigenvalue weighted by Gasteiger charge is -2.45. The summed E-state index contributed by atoms with van der Waals surface area (Å²) in [6, 6.07) is 3.59. The van der Waals surface area contributed by atoms with Crippen molar-refractivity contribution in [1.82, 2.24) is 25.0 Å². The number of hydrogen-bond acceptors (Lipinski definition) is 4. The SMILES string of the molecule is Cn1ccc(-c2cc(=O)c(CN3CCNCC34CCCC4)c[nH]2)n1. The summed E-state index contributed by atoms with van der Waals surface area (Å²) in [6.07, 6.45) is 8.83. The van der Waals surface area contributed by atoms with Gasteiger partial charge in [-0.2, -0.15) is 5.10 Å². The van der Waals surface area contributed by atoms with E-state index >= 15 is 0 Å². The number of nitrogens with one attached hydrogen (secondary N) is 2. The molecule has 0 unspecified atom stereocenters. The molecular weight excluding hydrogens is 302 g/mol. The molecule has 2 aromatic rings. The van der Waals surface area contributed by atoms with Gasteiger partial charge in [-0.05, 0) is 18.9 Å². The lowest BCUT2D eigenvalue weighted by molar-refractivity contribution is 0.0569. The van der Waals surface area contributed by atoms with Crippen LogP contribution in [0.3, 0.4) is 0 Å². The number of aromatic nitrogens is 3. The number of piperazine rings is 1. The normalized spacial score (nSPS) is 20.7. The quantitative estimate of drug-likeness (QED) is 0.896. The summed E-state index contributed by atoms with van der Waals surface area (Å²) in [4.78, 5) is 18.4. The summed E-state index contributed by atoms with van der Waals surface area (Å²) in [7, 11) is 1.88. The van der Waals surface area contributed by atoms with Crippen molar-refractivity contribution >= 4 is 0 Å². The lowest BCUT2D eigenvalue weighted by Crippen LogP contribution is -2.59. The number of aromatic amines is 1. The number of pyridine rings is 1. The van der Waals surface area contributed by atoms with Crippen molar-refractivity contribution < 1.29 is 0 Å². The molecule has 1 saturated heterocycles. The highest BCUT2D eigenvalue weighted by Gasteiger charge is 2.41. The molecule has 2 aliphatic rings. The van der Waals surface area contributed by atoms with Gasteiger partial charge in [0.05, 0.1) is 5.69 Å². The molecule has 1 spiro atoms. The van der Waals surface area contributed by atoms with Crippen LogP contribution in [0.15, 0.2) is 29.3 Å². The Balaban J connectivity index is 1.57. The third-order valence-corrected chi connectivity index (χ3v) is 5.56. The number of hydrogen-bond donors (Lipinski definition) is 2. The first-order valence-electron chi connectivity index (χ1n) is 8.84. The molecule has 0 bridgehead atoms. The second-order valence-corrected chi connectivity index (χ2v) is 7.14. The Bertz CT molecular complexity index is 772. The van der Waals surface area contributed by atoms with Gasteiger partial charge in [0.25, 0.3) is 0 Å². The molecule has 128 valence electrons. The van der Waals surface area contributed by atoms with Crippen molar-refractivity contribution in [3.8, 4) is 11.4 Å². The van der Waals surface area contributed by atoms with Crippen molar-refractivity contribution in [2.75, 3.05) is 19.6 Å². The van der Waals surface area contributed by atoms with Crippen molar-refractivity contribution in [2.24, 2.45) is 7.05 Å². The first kappa shape index (κ1) is 15.6. The highest BCUT2D eigenvalue weighted by Crippen LogP contribution is 2.36. The second-order valence-electron chi connectivity index (χ2n) is 7.14. The standard InChI is InChI=1S/C18H25N5O/c1-22-8-4-15(21-22)16-10-17(24)14(11-20-16)12-23-9-7-19-13-18(23)5-2-3-6-18/h4,8,10-11,19H,2-3,5-7,9,12-13H2,1H3,(H,20,24). The van der Waals surface area contributed by atoms with Crippen LogP contribution in [0, 0.1) is 0 Å². The van der Waals surface area contributed by atoms with E-state index in [1.54, 1.807) is 10.7 Å². The Morgan fingerprint density at radius 1 is 1.33 bits per heavy atom. The minimum absolute atomic E-state index is 0.0982. The van der Waals surface area contributed by atoms with Gasteiger partial charge in [-0.3, -0.25) is 14.4 Å². The summed E-state index contributed by atoms with van der Waals surface area (Å²) in [5.41, 5.74) is 2.78. The van der Waals surface area contributed by atoms with Crippen LogP contribution in [0.25, 0.3) is 11.4 Å². The summed E-state index contributed by atoms with van der Waals surface area (Å²) in [5.74, 6) is 0. The summed E-state index contributed by atoms with van der Waals surface area (Å²) in [6.45, 7) is 3.81. The van der Waals surface area contributed by atoms with E-state index in [1.165, 1.54) is 25.7 Å². The first-order valence-corrected chi connectivity index (χ1v) is 8.84. The van der Waals surface area contributed by atoms with Crippen LogP contribution in [0.2, 0.25) is 0 Å². The van der Waals surface area contributed by atoms with E-state index in [9.17, 15) is 4.79 Å². The third-order valence-electron chi connectivity index (χ3n) is 5.56. The number of rotatable bonds is 3. The molecule has 0 radical (unpaired) electrons. The molecule has 2 fully saturated rings. The number of H-pyrrole nitrogens is 1. The minimum Gasteiger partial charge on any atom is -0.359 e. The zero-order valence-electron chi connectivity index (χ0n) is 14.2. The number of aryl methyl sites for hydroxylation is 1. The third kappa shape index (κ3) is 2.80. The Hall–Kier alpha value is -1.92. The van der Waals surface area contributed by atoms with E-state index in [0.29, 0.717) is 0 Å². The summed E-state index contributed by atoms with van der Waals surface area (Å²) in [5, 5.41) is 7.90. The molecule has 3 heterocycles. The minimum atomic E-state index is 0.0982. The summed E-state index contributed by atoms with van der Waals surface area (Å²) < 4.78 is 1.74. The predicted molar refractivity (Wildman–Crippen MR) is 93.7 cm³/mol. The molecule has 6 heteroatoms. The Labute approximate surface area is 141 Å². The van der Waals surface area contributed by atoms with E-state index in [4.69, 9.17) is 0 Å². The van der Waals surface area contributed by atoms with Crippen molar-refractivity contribution in [3.63, 3.8) is 0 Å². The molecule has 24 heavy (non-hydrogen) atoms. The van der Waals surface area contributed by atoms with Crippen molar-refractivity contribution in [2.45, 2.75) is 37.8 Å². The van der Waals surface area contributed by atoms with Crippen LogP contribution in [0.1, 0.15) is 31.2 Å². The van der Waals surface area contributed by atoms with E-state index in [-0.39, 0.29) is 11.0 Å². The molecule has 2 N–H and O–H groups in total. The maximum atomic E-state index is 12.6. The molecule has 0 aromatic carbocycles. The molecule has 2 aromatic heterocycles. The fourth-order valence-corrected chi connectivity index (χ4v) is 4.19. The average molecular weight is 327 g/mol. The molecule has 1 saturated carbocycles. The van der Waals surface area contributed by atoms with E-state index in [0.717, 1.165) is 43.1 Å². The fraction of sp³-hybridized carbons (Fsp3) is 0.556. The monoisotopic (exact) mass is 327 g/mol. The van der Waals surface area contributed by atoms with Gasteiger partial charge >= 0.3 is 0 Å². The van der Waals surface area contributed by atoms with Gasteiger partial charge in [-0.25, -0.2) is 0 Å².